The summed E-state index contributed by atoms with van der Waals surface area (Å²) in [5.41, 5.74) is 2.48. The summed E-state index contributed by atoms with van der Waals surface area (Å²) in [6.45, 7) is 2.81. The molecule has 2 nitrogen and oxygen atoms in total. The lowest BCUT2D eigenvalue weighted by atomic mass is 9.82. The number of fused-ring (bicyclic) bond motifs is 1. The molecular weight excluding hydrogens is 150 g/mol. The highest BCUT2D eigenvalue weighted by Crippen LogP contribution is 2.31. The lowest BCUT2D eigenvalue weighted by molar-refractivity contribution is -0.111. The third-order valence-corrected chi connectivity index (χ3v) is 2.85. The Labute approximate surface area is 72.4 Å². The Hall–Kier alpha value is -0.920. The van der Waals surface area contributed by atoms with Gasteiger partial charge in [0.2, 0.25) is 0 Å². The number of hydrogen-bond donors (Lipinski definition) is 0. The van der Waals surface area contributed by atoms with Crippen molar-refractivity contribution in [3.8, 4) is 0 Å². The molecule has 0 spiro atoms. The fourth-order valence-electron chi connectivity index (χ4n) is 2.14. The maximum atomic E-state index is 10.7. The Morgan fingerprint density at radius 3 is 3.25 bits per heavy atom. The van der Waals surface area contributed by atoms with Crippen LogP contribution in [0.1, 0.15) is 19.8 Å². The van der Waals surface area contributed by atoms with E-state index in [1.807, 2.05) is 0 Å². The molecule has 0 aromatic heterocycles. The van der Waals surface area contributed by atoms with Gasteiger partial charge in [0, 0.05) is 24.1 Å². The van der Waals surface area contributed by atoms with Crippen molar-refractivity contribution in [2.75, 3.05) is 6.54 Å². The predicted molar refractivity (Wildman–Crippen MR) is 48.3 cm³/mol. The number of hydrogen-bond acceptors (Lipinski definition) is 2. The Balaban J connectivity index is 2.26. The maximum absolute atomic E-state index is 10.7. The molecule has 1 aliphatic carbocycles. The molecule has 0 aromatic rings. The van der Waals surface area contributed by atoms with Crippen molar-refractivity contribution in [2.45, 2.75) is 19.8 Å². The van der Waals surface area contributed by atoms with E-state index in [4.69, 9.17) is 0 Å². The van der Waals surface area contributed by atoms with Gasteiger partial charge in [0.25, 0.3) is 0 Å². The first-order valence-corrected chi connectivity index (χ1v) is 4.49. The van der Waals surface area contributed by atoms with E-state index >= 15 is 0 Å². The van der Waals surface area contributed by atoms with E-state index in [9.17, 15) is 4.79 Å². The van der Waals surface area contributed by atoms with Crippen LogP contribution < -0.4 is 0 Å². The average Bonchev–Trinajstić information content (AvgIpc) is 2.49. The minimum Gasteiger partial charge on any atom is -0.303 e. The third-order valence-electron chi connectivity index (χ3n) is 2.85. The lowest BCUT2D eigenvalue weighted by Crippen LogP contribution is -2.23. The van der Waals surface area contributed by atoms with Gasteiger partial charge in [-0.3, -0.25) is 4.99 Å². The molecule has 2 heteroatoms. The van der Waals surface area contributed by atoms with Gasteiger partial charge in [-0.1, -0.05) is 6.08 Å². The standard InChI is InChI=1S/C10H13NO/c1-7-3-2-4-9-8(6-12)5-11-10(7)9/h3,6,8-9H,2,4-5H2,1H3. The van der Waals surface area contributed by atoms with Crippen LogP contribution in [0, 0.1) is 11.8 Å². The largest absolute Gasteiger partial charge is 0.303 e. The van der Waals surface area contributed by atoms with Gasteiger partial charge in [0.1, 0.15) is 6.29 Å². The minimum absolute atomic E-state index is 0.170. The smallest absolute Gasteiger partial charge is 0.125 e. The van der Waals surface area contributed by atoms with Crippen molar-refractivity contribution in [1.82, 2.24) is 0 Å². The number of nitrogens with zero attached hydrogens (tertiary/aromatic N) is 1. The maximum Gasteiger partial charge on any atom is 0.125 e. The van der Waals surface area contributed by atoms with E-state index < -0.39 is 0 Å². The van der Waals surface area contributed by atoms with E-state index in [1.54, 1.807) is 0 Å². The number of carbonyl (C=O) groups is 1. The van der Waals surface area contributed by atoms with Crippen molar-refractivity contribution in [3.05, 3.63) is 11.6 Å². The number of aliphatic imine (C=N–C) groups is 1. The molecule has 0 radical (unpaired) electrons. The predicted octanol–water partition coefficient (Wildman–Crippen LogP) is 1.61. The molecule has 0 bridgehead atoms. The van der Waals surface area contributed by atoms with Crippen molar-refractivity contribution < 1.29 is 4.79 Å². The molecule has 2 rings (SSSR count). The van der Waals surface area contributed by atoms with Crippen molar-refractivity contribution in [3.63, 3.8) is 0 Å². The van der Waals surface area contributed by atoms with Gasteiger partial charge >= 0.3 is 0 Å². The van der Waals surface area contributed by atoms with Crippen molar-refractivity contribution >= 4 is 12.0 Å². The molecular formula is C10H13NO. The fraction of sp³-hybridized carbons (Fsp3) is 0.600. The summed E-state index contributed by atoms with van der Waals surface area (Å²) in [4.78, 5) is 15.1. The van der Waals surface area contributed by atoms with Gasteiger partial charge < -0.3 is 4.79 Å². The molecule has 64 valence electrons. The minimum atomic E-state index is 0.170. The summed E-state index contributed by atoms with van der Waals surface area (Å²) in [6.07, 6.45) is 5.52. The van der Waals surface area contributed by atoms with E-state index in [0.717, 1.165) is 19.1 Å². The molecule has 0 aromatic carbocycles. The third kappa shape index (κ3) is 1.02. The van der Waals surface area contributed by atoms with Gasteiger partial charge in [-0.25, -0.2) is 0 Å². The van der Waals surface area contributed by atoms with Crippen molar-refractivity contribution in [1.29, 1.82) is 0 Å². The quantitative estimate of drug-likeness (QED) is 0.540. The monoisotopic (exact) mass is 163 g/mol. The van der Waals surface area contributed by atoms with Crippen LogP contribution in [-0.4, -0.2) is 18.5 Å². The summed E-state index contributed by atoms with van der Waals surface area (Å²) in [5, 5.41) is 0. The highest BCUT2D eigenvalue weighted by atomic mass is 16.1. The van der Waals surface area contributed by atoms with Crippen LogP contribution in [0.3, 0.4) is 0 Å². The summed E-state index contributed by atoms with van der Waals surface area (Å²) in [5.74, 6) is 0.608. The Bertz CT molecular complexity index is 265. The van der Waals surface area contributed by atoms with E-state index in [1.165, 1.54) is 11.3 Å². The molecule has 12 heavy (non-hydrogen) atoms. The molecule has 1 aliphatic heterocycles. The topological polar surface area (TPSA) is 29.4 Å². The van der Waals surface area contributed by atoms with Gasteiger partial charge in [0.05, 0.1) is 0 Å². The Morgan fingerprint density at radius 1 is 1.67 bits per heavy atom. The number of rotatable bonds is 1. The molecule has 0 fully saturated rings. The molecule has 0 amide bonds. The van der Waals surface area contributed by atoms with Crippen LogP contribution in [0.4, 0.5) is 0 Å². The fourth-order valence-corrected chi connectivity index (χ4v) is 2.14. The second-order valence-electron chi connectivity index (χ2n) is 3.60. The normalized spacial score (nSPS) is 33.8. The molecule has 2 atom stereocenters. The second kappa shape index (κ2) is 2.85. The van der Waals surface area contributed by atoms with Gasteiger partial charge in [-0.15, -0.1) is 0 Å². The zero-order valence-corrected chi connectivity index (χ0v) is 7.29. The van der Waals surface area contributed by atoms with E-state index in [-0.39, 0.29) is 5.92 Å². The molecule has 2 aliphatic rings. The average molecular weight is 163 g/mol. The first-order valence-electron chi connectivity index (χ1n) is 4.49. The highest BCUT2D eigenvalue weighted by Gasteiger charge is 2.32. The second-order valence-corrected chi connectivity index (χ2v) is 3.60. The number of carbonyl (C=O) groups excluding carboxylic acids is 1. The van der Waals surface area contributed by atoms with Crippen LogP contribution in [-0.2, 0) is 4.79 Å². The van der Waals surface area contributed by atoms with Crippen LogP contribution in [0.5, 0.6) is 0 Å². The molecule has 0 saturated heterocycles. The van der Waals surface area contributed by atoms with Gasteiger partial charge in [-0.05, 0) is 25.3 Å². The molecule has 0 saturated carbocycles. The molecule has 0 N–H and O–H groups in total. The first-order chi connectivity index (χ1) is 5.83. The summed E-state index contributed by atoms with van der Waals surface area (Å²) in [7, 11) is 0. The molecule has 1 heterocycles. The molecule has 2 unspecified atom stereocenters. The number of aldehydes is 1. The lowest BCUT2D eigenvalue weighted by Gasteiger charge is -2.20. The van der Waals surface area contributed by atoms with Crippen LogP contribution >= 0.6 is 0 Å². The summed E-state index contributed by atoms with van der Waals surface area (Å²) >= 11 is 0. The summed E-state index contributed by atoms with van der Waals surface area (Å²) in [6, 6.07) is 0. The van der Waals surface area contributed by atoms with Crippen LogP contribution in [0.15, 0.2) is 16.6 Å². The van der Waals surface area contributed by atoms with Crippen molar-refractivity contribution in [2.24, 2.45) is 16.8 Å². The van der Waals surface area contributed by atoms with Gasteiger partial charge in [-0.2, -0.15) is 0 Å². The van der Waals surface area contributed by atoms with E-state index in [2.05, 4.69) is 18.0 Å². The zero-order chi connectivity index (χ0) is 8.55. The van der Waals surface area contributed by atoms with Crippen LogP contribution in [0.2, 0.25) is 0 Å². The Morgan fingerprint density at radius 2 is 2.50 bits per heavy atom. The van der Waals surface area contributed by atoms with Gasteiger partial charge in [0.15, 0.2) is 0 Å². The zero-order valence-electron chi connectivity index (χ0n) is 7.29. The SMILES string of the molecule is CC1=CCCC2C1=NCC2C=O. The first kappa shape index (κ1) is 7.71. The Kier molecular flexibility index (Phi) is 1.83. The van der Waals surface area contributed by atoms with E-state index in [0.29, 0.717) is 12.5 Å². The van der Waals surface area contributed by atoms with Crippen LogP contribution in [0.25, 0.3) is 0 Å². The summed E-state index contributed by atoms with van der Waals surface area (Å²) < 4.78 is 0. The number of allylic oxidation sites excluding steroid dienone is 2. The highest BCUT2D eigenvalue weighted by molar-refractivity contribution is 6.04.